The molecule has 3 unspecified atom stereocenters. The van der Waals surface area contributed by atoms with Crippen LogP contribution in [0.25, 0.3) is 0 Å². The van der Waals surface area contributed by atoms with Crippen LogP contribution in [-0.2, 0) is 9.53 Å². The molecule has 4 nitrogen and oxygen atoms in total. The molecule has 3 atom stereocenters. The fraction of sp³-hybridized carbons (Fsp3) is 0.929. The van der Waals surface area contributed by atoms with E-state index in [4.69, 9.17) is 9.84 Å². The first kappa shape index (κ1) is 15.1. The van der Waals surface area contributed by atoms with Gasteiger partial charge in [-0.3, -0.25) is 9.69 Å². The molecule has 110 valence electrons. The summed E-state index contributed by atoms with van der Waals surface area (Å²) in [5.41, 5.74) is 0. The zero-order valence-electron chi connectivity index (χ0n) is 11.7. The van der Waals surface area contributed by atoms with Crippen LogP contribution >= 0.6 is 11.8 Å². The third kappa shape index (κ3) is 4.36. The van der Waals surface area contributed by atoms with E-state index in [2.05, 4.69) is 11.8 Å². The number of hydrogen-bond donors (Lipinski definition) is 1. The van der Waals surface area contributed by atoms with Gasteiger partial charge in [-0.1, -0.05) is 13.3 Å². The second kappa shape index (κ2) is 7.50. The minimum Gasteiger partial charge on any atom is -0.481 e. The van der Waals surface area contributed by atoms with E-state index in [9.17, 15) is 4.79 Å². The van der Waals surface area contributed by atoms with Crippen LogP contribution in [0.15, 0.2) is 0 Å². The van der Waals surface area contributed by atoms with Gasteiger partial charge in [0.05, 0.1) is 12.5 Å². The zero-order valence-corrected chi connectivity index (χ0v) is 12.5. The van der Waals surface area contributed by atoms with Crippen LogP contribution in [0.3, 0.4) is 0 Å². The minimum atomic E-state index is -0.672. The number of thioether (sulfide) groups is 1. The number of rotatable bonds is 5. The van der Waals surface area contributed by atoms with Gasteiger partial charge in [0.25, 0.3) is 0 Å². The molecule has 0 aromatic heterocycles. The smallest absolute Gasteiger partial charge is 0.304 e. The number of nitrogens with zero attached hydrogens (tertiary/aromatic N) is 1. The van der Waals surface area contributed by atoms with Crippen LogP contribution < -0.4 is 0 Å². The highest BCUT2D eigenvalue weighted by atomic mass is 32.2. The predicted molar refractivity (Wildman–Crippen MR) is 77.7 cm³/mol. The summed E-state index contributed by atoms with van der Waals surface area (Å²) in [6.07, 6.45) is 5.08. The summed E-state index contributed by atoms with van der Waals surface area (Å²) in [5, 5.41) is 9.06. The van der Waals surface area contributed by atoms with E-state index < -0.39 is 5.97 Å². The Hall–Kier alpha value is -0.260. The molecular formula is C14H25NO3S. The second-order valence-corrected chi connectivity index (χ2v) is 6.67. The molecule has 0 aromatic rings. The molecule has 0 radical (unpaired) electrons. The fourth-order valence-electron chi connectivity index (χ4n) is 3.21. The first-order chi connectivity index (χ1) is 9.20. The summed E-state index contributed by atoms with van der Waals surface area (Å²) in [6.45, 7) is 4.06. The third-order valence-electron chi connectivity index (χ3n) is 4.10. The Balaban J connectivity index is 1.94. The monoisotopic (exact) mass is 287 g/mol. The van der Waals surface area contributed by atoms with Crippen molar-refractivity contribution in [3.05, 3.63) is 0 Å². The molecule has 2 aliphatic heterocycles. The predicted octanol–water partition coefficient (Wildman–Crippen LogP) is 2.23. The highest BCUT2D eigenvalue weighted by molar-refractivity contribution is 7.99. The van der Waals surface area contributed by atoms with Crippen molar-refractivity contribution in [2.45, 2.75) is 57.2 Å². The Bertz CT molecular complexity index is 298. The average molecular weight is 287 g/mol. The molecule has 0 bridgehead atoms. The Labute approximate surface area is 119 Å². The number of ether oxygens (including phenoxy) is 1. The molecule has 0 aromatic carbocycles. The normalized spacial score (nSPS) is 33.2. The summed E-state index contributed by atoms with van der Waals surface area (Å²) in [5.74, 6) is 1.42. The van der Waals surface area contributed by atoms with Crippen LogP contribution in [-0.4, -0.2) is 58.8 Å². The zero-order chi connectivity index (χ0) is 13.7. The maximum Gasteiger partial charge on any atom is 0.304 e. The van der Waals surface area contributed by atoms with Gasteiger partial charge in [-0.25, -0.2) is 0 Å². The highest BCUT2D eigenvalue weighted by Gasteiger charge is 2.33. The van der Waals surface area contributed by atoms with Crippen molar-refractivity contribution >= 4 is 17.7 Å². The highest BCUT2D eigenvalue weighted by Crippen LogP contribution is 2.28. The molecule has 1 N–H and O–H groups in total. The van der Waals surface area contributed by atoms with Crippen molar-refractivity contribution in [3.63, 3.8) is 0 Å². The topological polar surface area (TPSA) is 49.8 Å². The van der Waals surface area contributed by atoms with Crippen molar-refractivity contribution in [1.82, 2.24) is 4.90 Å². The van der Waals surface area contributed by atoms with Crippen molar-refractivity contribution in [3.8, 4) is 0 Å². The lowest BCUT2D eigenvalue weighted by molar-refractivity contribution is -0.138. The standard InChI is InChI=1S/C14H25NO3S/c1-2-3-13-8-11(4-6-18-13)15-5-7-19-10-12(15)9-14(16)17/h11-13H,2-10H2,1H3,(H,16,17). The molecule has 2 heterocycles. The first-order valence-corrected chi connectivity index (χ1v) is 8.53. The van der Waals surface area contributed by atoms with Gasteiger partial charge in [-0.2, -0.15) is 11.8 Å². The Morgan fingerprint density at radius 1 is 1.53 bits per heavy atom. The average Bonchev–Trinajstić information content (AvgIpc) is 2.39. The van der Waals surface area contributed by atoms with Gasteiger partial charge in [-0.15, -0.1) is 0 Å². The molecule has 0 spiro atoms. The summed E-state index contributed by atoms with van der Waals surface area (Å²) < 4.78 is 5.81. The van der Waals surface area contributed by atoms with E-state index in [1.165, 1.54) is 0 Å². The van der Waals surface area contributed by atoms with Gasteiger partial charge in [0.15, 0.2) is 0 Å². The largest absolute Gasteiger partial charge is 0.481 e. The third-order valence-corrected chi connectivity index (χ3v) is 5.19. The maximum absolute atomic E-state index is 11.0. The molecule has 19 heavy (non-hydrogen) atoms. The quantitative estimate of drug-likeness (QED) is 0.840. The van der Waals surface area contributed by atoms with Crippen LogP contribution in [0, 0.1) is 0 Å². The molecule has 2 rings (SSSR count). The summed E-state index contributed by atoms with van der Waals surface area (Å²) in [4.78, 5) is 13.5. The van der Waals surface area contributed by atoms with Crippen LogP contribution in [0.1, 0.15) is 39.0 Å². The number of hydrogen-bond acceptors (Lipinski definition) is 4. The Morgan fingerprint density at radius 2 is 2.37 bits per heavy atom. The summed E-state index contributed by atoms with van der Waals surface area (Å²) >= 11 is 1.89. The number of carbonyl (C=O) groups is 1. The molecule has 5 heteroatoms. The van der Waals surface area contributed by atoms with Gasteiger partial charge >= 0.3 is 5.97 Å². The van der Waals surface area contributed by atoms with E-state index in [1.807, 2.05) is 11.8 Å². The summed E-state index contributed by atoms with van der Waals surface area (Å²) in [7, 11) is 0. The lowest BCUT2D eigenvalue weighted by atomic mass is 9.97. The van der Waals surface area contributed by atoms with Crippen molar-refractivity contribution in [2.75, 3.05) is 24.7 Å². The van der Waals surface area contributed by atoms with E-state index >= 15 is 0 Å². The molecule has 2 aliphatic rings. The van der Waals surface area contributed by atoms with E-state index in [1.54, 1.807) is 0 Å². The van der Waals surface area contributed by atoms with E-state index in [-0.39, 0.29) is 12.5 Å². The molecule has 2 fully saturated rings. The van der Waals surface area contributed by atoms with Gasteiger partial charge in [0.2, 0.25) is 0 Å². The maximum atomic E-state index is 11.0. The lowest BCUT2D eigenvalue weighted by Gasteiger charge is -2.43. The van der Waals surface area contributed by atoms with Gasteiger partial charge in [-0.05, 0) is 19.3 Å². The fourth-order valence-corrected chi connectivity index (χ4v) is 4.30. The van der Waals surface area contributed by atoms with Crippen molar-refractivity contribution < 1.29 is 14.6 Å². The minimum absolute atomic E-state index is 0.210. The Kier molecular flexibility index (Phi) is 5.98. The number of carboxylic acids is 1. The van der Waals surface area contributed by atoms with E-state index in [0.717, 1.165) is 50.3 Å². The lowest BCUT2D eigenvalue weighted by Crippen LogP contribution is -2.52. The molecule has 0 aliphatic carbocycles. The van der Waals surface area contributed by atoms with Crippen LogP contribution in [0.5, 0.6) is 0 Å². The summed E-state index contributed by atoms with van der Waals surface area (Å²) in [6, 6.07) is 0.733. The van der Waals surface area contributed by atoms with Crippen LogP contribution in [0.2, 0.25) is 0 Å². The Morgan fingerprint density at radius 3 is 3.11 bits per heavy atom. The SMILES string of the molecule is CCCC1CC(N2CCSCC2CC(=O)O)CCO1. The van der Waals surface area contributed by atoms with Gasteiger partial charge in [0, 0.05) is 36.7 Å². The van der Waals surface area contributed by atoms with E-state index in [0.29, 0.717) is 12.1 Å². The molecule has 2 saturated heterocycles. The number of aliphatic carboxylic acids is 1. The van der Waals surface area contributed by atoms with Crippen molar-refractivity contribution in [2.24, 2.45) is 0 Å². The van der Waals surface area contributed by atoms with Crippen molar-refractivity contribution in [1.29, 1.82) is 0 Å². The molecule has 0 saturated carbocycles. The van der Waals surface area contributed by atoms with Gasteiger partial charge in [0.1, 0.15) is 0 Å². The molecule has 0 amide bonds. The second-order valence-electron chi connectivity index (χ2n) is 5.52. The molecular weight excluding hydrogens is 262 g/mol. The van der Waals surface area contributed by atoms with Gasteiger partial charge < -0.3 is 9.84 Å². The first-order valence-electron chi connectivity index (χ1n) is 7.37. The van der Waals surface area contributed by atoms with Crippen LogP contribution in [0.4, 0.5) is 0 Å². The number of carboxylic acid groups (broad SMARTS) is 1.